The largest absolute Gasteiger partial charge is 0.508 e. The topological polar surface area (TPSA) is 57.5 Å². The molecule has 1 fully saturated rings. The Balaban J connectivity index is 2.30. The summed E-state index contributed by atoms with van der Waals surface area (Å²) in [5.74, 6) is -1.13. The molecular weight excluding hydrogens is 211 g/mol. The summed E-state index contributed by atoms with van der Waals surface area (Å²) in [6.45, 7) is 0. The zero-order valence-electron chi connectivity index (χ0n) is 8.69. The van der Waals surface area contributed by atoms with Gasteiger partial charge in [0.1, 0.15) is 17.3 Å². The van der Waals surface area contributed by atoms with Crippen molar-refractivity contribution in [3.63, 3.8) is 0 Å². The van der Waals surface area contributed by atoms with Gasteiger partial charge in [-0.05, 0) is 30.5 Å². The molecule has 16 heavy (non-hydrogen) atoms. The summed E-state index contributed by atoms with van der Waals surface area (Å²) in [5.41, 5.74) is -1.05. The molecule has 1 atom stereocenters. The quantitative estimate of drug-likeness (QED) is 0.829. The van der Waals surface area contributed by atoms with Crippen molar-refractivity contribution < 1.29 is 19.4 Å². The van der Waals surface area contributed by atoms with Crippen LogP contribution in [0, 0.1) is 5.41 Å². The fourth-order valence-electron chi connectivity index (χ4n) is 2.13. The molecule has 2 rings (SSSR count). The number of carbonyl (C=O) groups is 1. The monoisotopic (exact) mass is 224 g/mol. The van der Waals surface area contributed by atoms with Crippen LogP contribution in [0.4, 0.5) is 4.39 Å². The summed E-state index contributed by atoms with van der Waals surface area (Å²) < 4.78 is 14.2. The van der Waals surface area contributed by atoms with Gasteiger partial charge >= 0.3 is 5.97 Å². The Kier molecular flexibility index (Phi) is 2.58. The van der Waals surface area contributed by atoms with E-state index in [1.807, 2.05) is 0 Å². The van der Waals surface area contributed by atoms with Gasteiger partial charge in [0.2, 0.25) is 0 Å². The Morgan fingerprint density at radius 2 is 2.12 bits per heavy atom. The van der Waals surface area contributed by atoms with E-state index in [0.29, 0.717) is 12.8 Å². The summed E-state index contributed by atoms with van der Waals surface area (Å²) in [5, 5.41) is 18.3. The highest BCUT2D eigenvalue weighted by atomic mass is 19.1. The van der Waals surface area contributed by atoms with Crippen molar-refractivity contribution in [3.8, 4) is 5.75 Å². The number of aromatic hydroxyl groups is 1. The molecule has 1 aliphatic rings. The number of halogens is 1. The van der Waals surface area contributed by atoms with E-state index in [2.05, 4.69) is 0 Å². The van der Waals surface area contributed by atoms with Crippen molar-refractivity contribution in [1.29, 1.82) is 0 Å². The van der Waals surface area contributed by atoms with Gasteiger partial charge in [-0.2, -0.15) is 0 Å². The predicted molar refractivity (Wildman–Crippen MR) is 55.9 cm³/mol. The van der Waals surface area contributed by atoms with E-state index in [4.69, 9.17) is 5.11 Å². The van der Waals surface area contributed by atoms with E-state index in [1.54, 1.807) is 0 Å². The number of hydrogen-bond acceptors (Lipinski definition) is 2. The highest BCUT2D eigenvalue weighted by Crippen LogP contribution is 2.52. The van der Waals surface area contributed by atoms with E-state index in [-0.39, 0.29) is 11.3 Å². The van der Waals surface area contributed by atoms with Gasteiger partial charge in [-0.3, -0.25) is 4.79 Å². The highest BCUT2D eigenvalue weighted by Gasteiger charge is 2.52. The van der Waals surface area contributed by atoms with Gasteiger partial charge in [0.15, 0.2) is 0 Å². The molecule has 2 N–H and O–H groups in total. The van der Waals surface area contributed by atoms with Crippen molar-refractivity contribution in [2.45, 2.75) is 25.4 Å². The summed E-state index contributed by atoms with van der Waals surface area (Å²) in [6.07, 6.45) is -0.0880. The SMILES string of the molecule is O=C(O)C1(C(F)c2cccc(O)c2)CCC1. The third-order valence-corrected chi connectivity index (χ3v) is 3.32. The van der Waals surface area contributed by atoms with Crippen LogP contribution < -0.4 is 0 Å². The maximum Gasteiger partial charge on any atom is 0.312 e. The first-order valence-corrected chi connectivity index (χ1v) is 5.23. The highest BCUT2D eigenvalue weighted by molar-refractivity contribution is 5.77. The van der Waals surface area contributed by atoms with Crippen LogP contribution in [0.3, 0.4) is 0 Å². The molecule has 0 aliphatic heterocycles. The standard InChI is InChI=1S/C12H13FO3/c13-10(8-3-1-4-9(14)7-8)12(11(15)16)5-2-6-12/h1,3-4,7,10,14H,2,5-6H2,(H,15,16). The maximum atomic E-state index is 14.2. The van der Waals surface area contributed by atoms with Gasteiger partial charge in [-0.15, -0.1) is 0 Å². The molecule has 0 heterocycles. The molecule has 1 aromatic carbocycles. The van der Waals surface area contributed by atoms with Gasteiger partial charge in [-0.1, -0.05) is 18.6 Å². The van der Waals surface area contributed by atoms with Crippen molar-refractivity contribution in [2.75, 3.05) is 0 Å². The van der Waals surface area contributed by atoms with Crippen LogP contribution in [-0.4, -0.2) is 16.2 Å². The van der Waals surface area contributed by atoms with Crippen molar-refractivity contribution in [2.24, 2.45) is 5.41 Å². The zero-order chi connectivity index (χ0) is 11.8. The summed E-state index contributed by atoms with van der Waals surface area (Å²) in [4.78, 5) is 11.1. The predicted octanol–water partition coefficient (Wildman–Crippen LogP) is 2.66. The smallest absolute Gasteiger partial charge is 0.312 e. The number of rotatable bonds is 3. The lowest BCUT2D eigenvalue weighted by Crippen LogP contribution is -2.41. The number of phenolic OH excluding ortho intramolecular Hbond substituents is 1. The Labute approximate surface area is 92.5 Å². The van der Waals surface area contributed by atoms with Crippen molar-refractivity contribution >= 4 is 5.97 Å². The lowest BCUT2D eigenvalue weighted by atomic mass is 9.64. The first kappa shape index (κ1) is 10.9. The van der Waals surface area contributed by atoms with Gasteiger partial charge in [0.25, 0.3) is 0 Å². The molecule has 0 saturated heterocycles. The molecule has 0 radical (unpaired) electrons. The first-order chi connectivity index (χ1) is 7.56. The third-order valence-electron chi connectivity index (χ3n) is 3.32. The number of alkyl halides is 1. The Bertz CT molecular complexity index is 412. The lowest BCUT2D eigenvalue weighted by molar-refractivity contribution is -0.161. The molecule has 0 spiro atoms. The molecular formula is C12H13FO3. The lowest BCUT2D eigenvalue weighted by Gasteiger charge is -2.40. The number of carboxylic acid groups (broad SMARTS) is 1. The minimum Gasteiger partial charge on any atom is -0.508 e. The molecule has 1 unspecified atom stereocenters. The fourth-order valence-corrected chi connectivity index (χ4v) is 2.13. The van der Waals surface area contributed by atoms with Gasteiger partial charge in [0.05, 0.1) is 0 Å². The van der Waals surface area contributed by atoms with Crippen LogP contribution in [0.5, 0.6) is 5.75 Å². The van der Waals surface area contributed by atoms with Gasteiger partial charge in [-0.25, -0.2) is 4.39 Å². The van der Waals surface area contributed by atoms with Crippen molar-refractivity contribution in [1.82, 2.24) is 0 Å². The number of carboxylic acids is 1. The summed E-state index contributed by atoms with van der Waals surface area (Å²) in [7, 11) is 0. The maximum absolute atomic E-state index is 14.2. The summed E-state index contributed by atoms with van der Waals surface area (Å²) in [6, 6.07) is 5.75. The second-order valence-electron chi connectivity index (χ2n) is 4.27. The zero-order valence-corrected chi connectivity index (χ0v) is 8.69. The van der Waals surface area contributed by atoms with Crippen LogP contribution in [0.25, 0.3) is 0 Å². The fraction of sp³-hybridized carbons (Fsp3) is 0.417. The third kappa shape index (κ3) is 1.54. The minimum atomic E-state index is -1.55. The van der Waals surface area contributed by atoms with E-state index in [0.717, 1.165) is 6.42 Å². The minimum absolute atomic E-state index is 0.0417. The van der Waals surface area contributed by atoms with Crippen LogP contribution in [0.2, 0.25) is 0 Å². The van der Waals surface area contributed by atoms with Crippen molar-refractivity contribution in [3.05, 3.63) is 29.8 Å². The van der Waals surface area contributed by atoms with E-state index in [9.17, 15) is 14.3 Å². The average molecular weight is 224 g/mol. The van der Waals surface area contributed by atoms with E-state index >= 15 is 0 Å². The molecule has 0 amide bonds. The normalized spacial score (nSPS) is 19.8. The Hall–Kier alpha value is -1.58. The van der Waals surface area contributed by atoms with E-state index in [1.165, 1.54) is 24.3 Å². The Morgan fingerprint density at radius 3 is 2.56 bits per heavy atom. The average Bonchev–Trinajstić information content (AvgIpc) is 2.15. The molecule has 1 aromatic rings. The van der Waals surface area contributed by atoms with Crippen LogP contribution >= 0.6 is 0 Å². The molecule has 1 saturated carbocycles. The number of aliphatic carboxylic acids is 1. The van der Waals surface area contributed by atoms with Gasteiger partial charge in [0, 0.05) is 0 Å². The first-order valence-electron chi connectivity index (χ1n) is 5.23. The van der Waals surface area contributed by atoms with Crippen LogP contribution in [-0.2, 0) is 4.79 Å². The molecule has 0 aromatic heterocycles. The second kappa shape index (κ2) is 3.77. The number of benzene rings is 1. The molecule has 0 bridgehead atoms. The molecule has 3 nitrogen and oxygen atoms in total. The van der Waals surface area contributed by atoms with Crippen LogP contribution in [0.15, 0.2) is 24.3 Å². The molecule has 1 aliphatic carbocycles. The van der Waals surface area contributed by atoms with E-state index < -0.39 is 17.6 Å². The number of phenols is 1. The van der Waals surface area contributed by atoms with Gasteiger partial charge < -0.3 is 10.2 Å². The summed E-state index contributed by atoms with van der Waals surface area (Å²) >= 11 is 0. The van der Waals surface area contributed by atoms with Crippen LogP contribution in [0.1, 0.15) is 31.0 Å². The Morgan fingerprint density at radius 1 is 1.44 bits per heavy atom. The number of hydrogen-bond donors (Lipinski definition) is 2. The second-order valence-corrected chi connectivity index (χ2v) is 4.27. The molecule has 86 valence electrons. The molecule has 4 heteroatoms.